The number of hydrogen-bond acceptors (Lipinski definition) is 4. The second kappa shape index (κ2) is 15.7. The minimum absolute atomic E-state index is 0.0709. The molecular weight excluding hydrogens is 613 g/mol. The molecule has 8 heteroatoms. The smallest absolute Gasteiger partial charge is 0.207 e. The summed E-state index contributed by atoms with van der Waals surface area (Å²) in [5.74, 6) is 0.897. The zero-order valence-electron chi connectivity index (χ0n) is 30.8. The molecule has 6 nitrogen and oxygen atoms in total. The SMILES string of the molecule is CC(C)c1cc(C(C)C)c(S(=O)(=O)N2CCCCN(S(=O)(=O)c3c(C(C)C)cc(C(C)C)cc3C(C)C)CCCC2)c(C(C)C)c1. The third kappa shape index (κ3) is 8.45. The Morgan fingerprint density at radius 1 is 0.413 bits per heavy atom. The number of sulfonamides is 2. The first kappa shape index (κ1) is 38.7. The summed E-state index contributed by atoms with van der Waals surface area (Å²) < 4.78 is 61.3. The molecule has 0 amide bonds. The van der Waals surface area contributed by atoms with Crippen LogP contribution in [0.25, 0.3) is 0 Å². The lowest BCUT2D eigenvalue weighted by Gasteiger charge is -2.31. The summed E-state index contributed by atoms with van der Waals surface area (Å²) in [5.41, 5.74) is 5.94. The van der Waals surface area contributed by atoms with Crippen molar-refractivity contribution in [2.45, 2.75) is 154 Å². The molecule has 0 aromatic heterocycles. The van der Waals surface area contributed by atoms with Crippen LogP contribution in [-0.4, -0.2) is 51.6 Å². The molecule has 46 heavy (non-hydrogen) atoms. The van der Waals surface area contributed by atoms with Crippen molar-refractivity contribution >= 4 is 20.0 Å². The fraction of sp³-hybridized carbons (Fsp3) is 0.684. The van der Waals surface area contributed by atoms with Crippen molar-refractivity contribution in [3.05, 3.63) is 57.6 Å². The van der Waals surface area contributed by atoms with Gasteiger partial charge in [0.15, 0.2) is 0 Å². The molecule has 0 atom stereocenters. The van der Waals surface area contributed by atoms with Crippen LogP contribution >= 0.6 is 0 Å². The van der Waals surface area contributed by atoms with Gasteiger partial charge in [-0.15, -0.1) is 0 Å². The van der Waals surface area contributed by atoms with Crippen LogP contribution in [0, 0.1) is 0 Å². The largest absolute Gasteiger partial charge is 0.243 e. The molecular formula is C38H62N2O4S2. The average molecular weight is 675 g/mol. The molecule has 2 aromatic carbocycles. The number of benzene rings is 2. The van der Waals surface area contributed by atoms with Crippen LogP contribution in [0.2, 0.25) is 0 Å². The highest BCUT2D eigenvalue weighted by Gasteiger charge is 2.34. The van der Waals surface area contributed by atoms with E-state index in [-0.39, 0.29) is 23.7 Å². The van der Waals surface area contributed by atoms with Gasteiger partial charge in [0, 0.05) is 26.2 Å². The minimum Gasteiger partial charge on any atom is -0.207 e. The van der Waals surface area contributed by atoms with Crippen molar-refractivity contribution < 1.29 is 16.8 Å². The van der Waals surface area contributed by atoms with Crippen LogP contribution in [0.3, 0.4) is 0 Å². The lowest BCUT2D eigenvalue weighted by Crippen LogP contribution is -2.38. The van der Waals surface area contributed by atoms with Gasteiger partial charge in [0.25, 0.3) is 0 Å². The van der Waals surface area contributed by atoms with Crippen molar-refractivity contribution in [1.29, 1.82) is 0 Å². The molecule has 1 heterocycles. The van der Waals surface area contributed by atoms with Crippen LogP contribution in [0.5, 0.6) is 0 Å². The van der Waals surface area contributed by atoms with Gasteiger partial charge in [0.05, 0.1) is 9.79 Å². The first-order chi connectivity index (χ1) is 21.3. The van der Waals surface area contributed by atoms with Gasteiger partial charge in [-0.2, -0.15) is 8.61 Å². The van der Waals surface area contributed by atoms with E-state index in [0.717, 1.165) is 22.3 Å². The molecule has 0 aliphatic carbocycles. The summed E-state index contributed by atoms with van der Waals surface area (Å²) in [6.07, 6.45) is 2.40. The third-order valence-electron chi connectivity index (χ3n) is 9.48. The lowest BCUT2D eigenvalue weighted by atomic mass is 9.89. The van der Waals surface area contributed by atoms with Gasteiger partial charge in [-0.25, -0.2) is 16.8 Å². The van der Waals surface area contributed by atoms with Crippen LogP contribution in [0.4, 0.5) is 0 Å². The van der Waals surface area contributed by atoms with E-state index in [1.54, 1.807) is 8.61 Å². The lowest BCUT2D eigenvalue weighted by molar-refractivity contribution is 0.330. The molecule has 1 aliphatic heterocycles. The Morgan fingerprint density at radius 3 is 0.804 bits per heavy atom. The van der Waals surface area contributed by atoms with Gasteiger partial charge in [-0.3, -0.25) is 0 Å². The van der Waals surface area contributed by atoms with Crippen molar-refractivity contribution in [1.82, 2.24) is 8.61 Å². The van der Waals surface area contributed by atoms with E-state index in [9.17, 15) is 16.8 Å². The van der Waals surface area contributed by atoms with Crippen LogP contribution in [0.1, 0.15) is 178 Å². The Labute approximate surface area is 282 Å². The number of rotatable bonds is 10. The first-order valence-corrected chi connectivity index (χ1v) is 20.6. The van der Waals surface area contributed by atoms with Gasteiger partial charge in [0.2, 0.25) is 20.0 Å². The fourth-order valence-electron chi connectivity index (χ4n) is 6.49. The molecule has 1 saturated heterocycles. The summed E-state index contributed by atoms with van der Waals surface area (Å²) in [4.78, 5) is 0.964. The molecule has 0 bridgehead atoms. The summed E-state index contributed by atoms with van der Waals surface area (Å²) in [7, 11) is -7.50. The van der Waals surface area contributed by atoms with E-state index in [0.29, 0.717) is 73.5 Å². The van der Waals surface area contributed by atoms with Gasteiger partial charge >= 0.3 is 0 Å². The molecule has 1 aliphatic rings. The standard InChI is InChI=1S/C38H62N2O4S2/c1-25(2)31-21-33(27(5)6)37(34(22-31)28(7)8)45(41,42)39-17-13-15-19-40(20-16-14-18-39)46(43,44)38-35(29(9)10)23-32(26(3)4)24-36(38)30(11)12/h21-30H,13-20H2,1-12H3. The molecule has 0 radical (unpaired) electrons. The zero-order valence-corrected chi connectivity index (χ0v) is 32.4. The minimum atomic E-state index is -3.75. The third-order valence-corrected chi connectivity index (χ3v) is 13.5. The highest BCUT2D eigenvalue weighted by molar-refractivity contribution is 7.89. The van der Waals surface area contributed by atoms with Gasteiger partial charge in [-0.1, -0.05) is 107 Å². The quantitative estimate of drug-likeness (QED) is 0.252. The van der Waals surface area contributed by atoms with Gasteiger partial charge < -0.3 is 0 Å². The maximum Gasteiger partial charge on any atom is 0.243 e. The Kier molecular flexibility index (Phi) is 13.2. The summed E-state index contributed by atoms with van der Waals surface area (Å²) in [6, 6.07) is 8.40. The van der Waals surface area contributed by atoms with Gasteiger partial charge in [-0.05, 0) is 94.6 Å². The monoisotopic (exact) mass is 674 g/mol. The predicted octanol–water partition coefficient (Wildman–Crippen LogP) is 9.68. The molecule has 1 fully saturated rings. The Morgan fingerprint density at radius 2 is 0.630 bits per heavy atom. The van der Waals surface area contributed by atoms with Crippen LogP contribution in [0.15, 0.2) is 34.1 Å². The fourth-order valence-corrected chi connectivity index (χ4v) is 10.9. The normalized spacial score (nSPS) is 16.9. The second-order valence-electron chi connectivity index (χ2n) is 15.2. The average Bonchev–Trinajstić information content (AvgIpc) is 2.97. The molecule has 260 valence electrons. The van der Waals surface area contributed by atoms with E-state index < -0.39 is 20.0 Å². The van der Waals surface area contributed by atoms with Crippen molar-refractivity contribution in [3.8, 4) is 0 Å². The molecule has 2 aromatic rings. The van der Waals surface area contributed by atoms with E-state index in [1.165, 1.54) is 11.1 Å². The zero-order chi connectivity index (χ0) is 34.7. The Balaban J connectivity index is 1.96. The predicted molar refractivity (Wildman–Crippen MR) is 193 cm³/mol. The molecule has 0 saturated carbocycles. The highest BCUT2D eigenvalue weighted by Crippen LogP contribution is 2.39. The van der Waals surface area contributed by atoms with Crippen molar-refractivity contribution in [2.24, 2.45) is 0 Å². The molecule has 0 unspecified atom stereocenters. The second-order valence-corrected chi connectivity index (χ2v) is 19.0. The van der Waals surface area contributed by atoms with E-state index >= 15 is 0 Å². The summed E-state index contributed by atoms with van der Waals surface area (Å²) in [5, 5.41) is 0. The van der Waals surface area contributed by atoms with Crippen molar-refractivity contribution in [3.63, 3.8) is 0 Å². The first-order valence-electron chi connectivity index (χ1n) is 17.7. The number of hydrogen-bond donors (Lipinski definition) is 0. The Hall–Kier alpha value is -1.74. The van der Waals surface area contributed by atoms with Crippen LogP contribution < -0.4 is 0 Å². The maximum absolute atomic E-state index is 14.5. The summed E-state index contributed by atoms with van der Waals surface area (Å²) >= 11 is 0. The molecule has 0 N–H and O–H groups in total. The van der Waals surface area contributed by atoms with E-state index in [2.05, 4.69) is 107 Å². The molecule has 3 rings (SSSR count). The van der Waals surface area contributed by atoms with Crippen LogP contribution in [-0.2, 0) is 20.0 Å². The molecule has 0 spiro atoms. The van der Waals surface area contributed by atoms with Gasteiger partial charge in [0.1, 0.15) is 0 Å². The number of nitrogens with zero attached hydrogens (tertiary/aromatic N) is 2. The maximum atomic E-state index is 14.5. The van der Waals surface area contributed by atoms with E-state index in [1.807, 2.05) is 0 Å². The highest BCUT2D eigenvalue weighted by atomic mass is 32.2. The summed E-state index contributed by atoms with van der Waals surface area (Å²) in [6.45, 7) is 26.7. The van der Waals surface area contributed by atoms with Crippen molar-refractivity contribution in [2.75, 3.05) is 26.2 Å². The topological polar surface area (TPSA) is 74.8 Å². The Bertz CT molecular complexity index is 1370. The van der Waals surface area contributed by atoms with E-state index in [4.69, 9.17) is 0 Å².